The summed E-state index contributed by atoms with van der Waals surface area (Å²) in [5, 5.41) is 3.04. The molecule has 0 aromatic heterocycles. The topological polar surface area (TPSA) is 29.1 Å². The number of halogens is 1. The van der Waals surface area contributed by atoms with Crippen LogP contribution in [0, 0.1) is 5.41 Å². The highest BCUT2D eigenvalue weighted by atomic mass is 35.5. The molecule has 0 aliphatic carbocycles. The maximum absolute atomic E-state index is 12.0. The molecule has 0 saturated carbocycles. The van der Waals surface area contributed by atoms with E-state index in [1.807, 2.05) is 51.2 Å². The van der Waals surface area contributed by atoms with Crippen molar-refractivity contribution in [3.8, 4) is 0 Å². The summed E-state index contributed by atoms with van der Waals surface area (Å²) in [6.45, 7) is 4.61. The lowest BCUT2D eigenvalue weighted by atomic mass is 9.84. The average molecular weight is 228 g/mol. The van der Waals surface area contributed by atoms with Gasteiger partial charge in [-0.15, -0.1) is 12.4 Å². The highest BCUT2D eigenvalue weighted by Gasteiger charge is 2.27. The van der Waals surface area contributed by atoms with Gasteiger partial charge >= 0.3 is 0 Å². The number of Topliss-reactive ketones (excluding diaryl/α,β-unsaturated/α-hetero) is 1. The molecule has 2 nitrogen and oxygen atoms in total. The van der Waals surface area contributed by atoms with Crippen LogP contribution in [0.3, 0.4) is 0 Å². The van der Waals surface area contributed by atoms with Gasteiger partial charge in [-0.25, -0.2) is 0 Å². The quantitative estimate of drug-likeness (QED) is 0.801. The van der Waals surface area contributed by atoms with Crippen molar-refractivity contribution in [1.29, 1.82) is 0 Å². The molecule has 3 heteroatoms. The van der Waals surface area contributed by atoms with Gasteiger partial charge in [0, 0.05) is 17.5 Å². The first-order valence-corrected chi connectivity index (χ1v) is 4.82. The minimum atomic E-state index is -0.337. The number of nitrogens with one attached hydrogen (secondary N) is 1. The molecule has 0 radical (unpaired) electrons. The van der Waals surface area contributed by atoms with Crippen molar-refractivity contribution in [2.24, 2.45) is 5.41 Å². The zero-order valence-corrected chi connectivity index (χ0v) is 10.2. The Morgan fingerprint density at radius 2 is 1.80 bits per heavy atom. The maximum Gasteiger partial charge on any atom is 0.169 e. The molecule has 1 rings (SSSR count). The first kappa shape index (κ1) is 14.1. The van der Waals surface area contributed by atoms with Gasteiger partial charge in [0.15, 0.2) is 5.78 Å². The van der Waals surface area contributed by atoms with Gasteiger partial charge in [0.2, 0.25) is 0 Å². The lowest BCUT2D eigenvalue weighted by Crippen LogP contribution is -2.34. The smallest absolute Gasteiger partial charge is 0.169 e. The molecule has 0 aliphatic heterocycles. The molecule has 84 valence electrons. The molecule has 0 amide bonds. The van der Waals surface area contributed by atoms with Gasteiger partial charge in [-0.1, -0.05) is 44.2 Å². The fourth-order valence-corrected chi connectivity index (χ4v) is 1.50. The molecule has 15 heavy (non-hydrogen) atoms. The van der Waals surface area contributed by atoms with Gasteiger partial charge in [-0.3, -0.25) is 4.79 Å². The molecule has 0 atom stereocenters. The van der Waals surface area contributed by atoms with Gasteiger partial charge < -0.3 is 5.32 Å². The van der Waals surface area contributed by atoms with Crippen molar-refractivity contribution < 1.29 is 4.79 Å². The van der Waals surface area contributed by atoms with E-state index in [0.29, 0.717) is 6.54 Å². The maximum atomic E-state index is 12.0. The van der Waals surface area contributed by atoms with Crippen LogP contribution < -0.4 is 5.32 Å². The molecule has 0 aliphatic rings. The third kappa shape index (κ3) is 3.65. The first-order valence-electron chi connectivity index (χ1n) is 4.82. The molecule has 0 spiro atoms. The highest BCUT2D eigenvalue weighted by Crippen LogP contribution is 2.20. The number of rotatable bonds is 4. The molecule has 1 aromatic carbocycles. The number of hydrogen-bond donors (Lipinski definition) is 1. The zero-order valence-electron chi connectivity index (χ0n) is 9.41. The molecule has 0 fully saturated rings. The van der Waals surface area contributed by atoms with E-state index in [-0.39, 0.29) is 23.6 Å². The van der Waals surface area contributed by atoms with E-state index in [1.54, 1.807) is 0 Å². The number of carbonyl (C=O) groups excluding carboxylic acids is 1. The van der Waals surface area contributed by atoms with E-state index in [4.69, 9.17) is 0 Å². The van der Waals surface area contributed by atoms with E-state index in [0.717, 1.165) is 5.56 Å². The second kappa shape index (κ2) is 5.89. The summed E-state index contributed by atoms with van der Waals surface area (Å²) in [7, 11) is 1.86. The van der Waals surface area contributed by atoms with Crippen molar-refractivity contribution in [3.63, 3.8) is 0 Å². The summed E-state index contributed by atoms with van der Waals surface area (Å²) in [5.74, 6) is 0.187. The number of hydrogen-bond acceptors (Lipinski definition) is 2. The second-order valence-electron chi connectivity index (χ2n) is 4.11. The summed E-state index contributed by atoms with van der Waals surface area (Å²) < 4.78 is 0. The average Bonchev–Trinajstić information content (AvgIpc) is 2.18. The minimum Gasteiger partial charge on any atom is -0.319 e. The van der Waals surface area contributed by atoms with Gasteiger partial charge in [0.25, 0.3) is 0 Å². The van der Waals surface area contributed by atoms with Crippen molar-refractivity contribution in [1.82, 2.24) is 5.32 Å². The first-order chi connectivity index (χ1) is 6.58. The van der Waals surface area contributed by atoms with E-state index in [9.17, 15) is 4.79 Å². The lowest BCUT2D eigenvalue weighted by molar-refractivity contribution is 0.0839. The minimum absolute atomic E-state index is 0. The SMILES string of the molecule is CNCC(C)(C)C(=O)c1ccccc1.Cl. The summed E-state index contributed by atoms with van der Waals surface area (Å²) in [6.07, 6.45) is 0. The van der Waals surface area contributed by atoms with Crippen LogP contribution in [-0.4, -0.2) is 19.4 Å². The van der Waals surface area contributed by atoms with Crippen molar-refractivity contribution >= 4 is 18.2 Å². The Bertz CT molecular complexity index is 309. The Kier molecular flexibility index (Phi) is 5.55. The number of ketones is 1. The normalized spacial score (nSPS) is 10.6. The summed E-state index contributed by atoms with van der Waals surface area (Å²) in [4.78, 5) is 12.0. The summed E-state index contributed by atoms with van der Waals surface area (Å²) in [6, 6.07) is 9.42. The molecular weight excluding hydrogens is 210 g/mol. The second-order valence-corrected chi connectivity index (χ2v) is 4.11. The molecule has 0 heterocycles. The number of carbonyl (C=O) groups is 1. The molecule has 0 bridgehead atoms. The van der Waals surface area contributed by atoms with Crippen molar-refractivity contribution in [2.75, 3.05) is 13.6 Å². The Labute approximate surface area is 97.5 Å². The van der Waals surface area contributed by atoms with Crippen LogP contribution in [0.25, 0.3) is 0 Å². The monoisotopic (exact) mass is 227 g/mol. The third-order valence-electron chi connectivity index (χ3n) is 2.27. The zero-order chi connectivity index (χ0) is 10.6. The van der Waals surface area contributed by atoms with Crippen LogP contribution in [0.2, 0.25) is 0 Å². The van der Waals surface area contributed by atoms with Gasteiger partial charge in [0.05, 0.1) is 0 Å². The van der Waals surface area contributed by atoms with E-state index in [1.165, 1.54) is 0 Å². The largest absolute Gasteiger partial charge is 0.319 e. The van der Waals surface area contributed by atoms with Crippen LogP contribution in [0.4, 0.5) is 0 Å². The summed E-state index contributed by atoms with van der Waals surface area (Å²) >= 11 is 0. The van der Waals surface area contributed by atoms with Gasteiger partial charge in [0.1, 0.15) is 0 Å². The standard InChI is InChI=1S/C12H17NO.ClH/c1-12(2,9-13-3)11(14)10-7-5-4-6-8-10;/h4-8,13H,9H2,1-3H3;1H. The fourth-order valence-electron chi connectivity index (χ4n) is 1.50. The predicted octanol–water partition coefficient (Wildman–Crippen LogP) is 2.54. The van der Waals surface area contributed by atoms with Gasteiger partial charge in [-0.05, 0) is 7.05 Å². The Morgan fingerprint density at radius 1 is 1.27 bits per heavy atom. The Morgan fingerprint density at radius 3 is 2.27 bits per heavy atom. The van der Waals surface area contributed by atoms with Gasteiger partial charge in [-0.2, -0.15) is 0 Å². The fraction of sp³-hybridized carbons (Fsp3) is 0.417. The summed E-state index contributed by atoms with van der Waals surface area (Å²) in [5.41, 5.74) is 0.448. The Hall–Kier alpha value is -0.860. The third-order valence-corrected chi connectivity index (χ3v) is 2.27. The van der Waals surface area contributed by atoms with Crippen LogP contribution in [0.15, 0.2) is 30.3 Å². The van der Waals surface area contributed by atoms with Crippen LogP contribution in [0.1, 0.15) is 24.2 Å². The van der Waals surface area contributed by atoms with Crippen molar-refractivity contribution in [3.05, 3.63) is 35.9 Å². The Balaban J connectivity index is 0.00000196. The molecule has 1 aromatic rings. The van der Waals surface area contributed by atoms with Crippen LogP contribution in [0.5, 0.6) is 0 Å². The predicted molar refractivity (Wildman–Crippen MR) is 65.7 cm³/mol. The molecule has 1 N–H and O–H groups in total. The molecule has 0 unspecified atom stereocenters. The molecular formula is C12H18ClNO. The van der Waals surface area contributed by atoms with Crippen LogP contribution >= 0.6 is 12.4 Å². The van der Waals surface area contributed by atoms with E-state index >= 15 is 0 Å². The lowest BCUT2D eigenvalue weighted by Gasteiger charge is -2.22. The van der Waals surface area contributed by atoms with E-state index < -0.39 is 0 Å². The van der Waals surface area contributed by atoms with Crippen LogP contribution in [-0.2, 0) is 0 Å². The van der Waals surface area contributed by atoms with Crippen molar-refractivity contribution in [2.45, 2.75) is 13.8 Å². The van der Waals surface area contributed by atoms with E-state index in [2.05, 4.69) is 5.32 Å². The highest BCUT2D eigenvalue weighted by molar-refractivity contribution is 6.00. The number of benzene rings is 1. The molecule has 0 saturated heterocycles.